The zero-order valence-electron chi connectivity index (χ0n) is 13.7. The molecule has 1 aromatic heterocycles. The summed E-state index contributed by atoms with van der Waals surface area (Å²) in [5.41, 5.74) is 0.439. The summed E-state index contributed by atoms with van der Waals surface area (Å²) in [6.07, 6.45) is 0. The molecule has 0 bridgehead atoms. The summed E-state index contributed by atoms with van der Waals surface area (Å²) in [6.45, 7) is 0. The molecule has 7 heteroatoms. The van der Waals surface area contributed by atoms with E-state index in [-0.39, 0.29) is 22.8 Å². The maximum Gasteiger partial charge on any atom is 0.341 e. The minimum atomic E-state index is -0.712. The van der Waals surface area contributed by atoms with Crippen molar-refractivity contribution in [1.29, 1.82) is 0 Å². The van der Waals surface area contributed by atoms with Crippen molar-refractivity contribution in [2.45, 2.75) is 0 Å². The lowest BCUT2D eigenvalue weighted by atomic mass is 10.1. The Bertz CT molecular complexity index is 983. The van der Waals surface area contributed by atoms with Crippen LogP contribution in [0, 0.1) is 5.82 Å². The number of hydrogen-bond donors (Lipinski definition) is 2. The van der Waals surface area contributed by atoms with Crippen LogP contribution in [0.5, 0.6) is 5.75 Å². The summed E-state index contributed by atoms with van der Waals surface area (Å²) in [5.74, 6) is -1.94. The first-order chi connectivity index (χ1) is 12.5. The van der Waals surface area contributed by atoms with Crippen LogP contribution in [0.3, 0.4) is 0 Å². The van der Waals surface area contributed by atoms with Gasteiger partial charge in [-0.1, -0.05) is 24.3 Å². The van der Waals surface area contributed by atoms with Gasteiger partial charge in [-0.05, 0) is 30.3 Å². The lowest BCUT2D eigenvalue weighted by Gasteiger charge is -2.09. The van der Waals surface area contributed by atoms with E-state index < -0.39 is 11.9 Å². The van der Waals surface area contributed by atoms with Gasteiger partial charge in [-0.25, -0.2) is 9.18 Å². The molecule has 1 amide bonds. The Labute approximate surface area is 152 Å². The number of phenols is 1. The second-order valence-corrected chi connectivity index (χ2v) is 6.37. The summed E-state index contributed by atoms with van der Waals surface area (Å²) < 4.78 is 18.4. The Kier molecular flexibility index (Phi) is 4.99. The standard InChI is InChI=1S/C19H14FNO4S/c1-25-19(24)12-6-4-8-14(17(12)22)21-18(23)16-10-9-15(26-16)11-5-2-3-7-13(11)20/h2-10,22H,1H3,(H,21,23). The van der Waals surface area contributed by atoms with Crippen LogP contribution >= 0.6 is 11.3 Å². The van der Waals surface area contributed by atoms with Gasteiger partial charge in [-0.3, -0.25) is 4.79 Å². The van der Waals surface area contributed by atoms with Crippen LogP contribution in [0.15, 0.2) is 54.6 Å². The molecule has 0 aliphatic heterocycles. The largest absolute Gasteiger partial charge is 0.505 e. The van der Waals surface area contributed by atoms with Crippen molar-refractivity contribution in [2.75, 3.05) is 12.4 Å². The number of carbonyl (C=O) groups is 2. The highest BCUT2D eigenvalue weighted by Crippen LogP contribution is 2.32. The van der Waals surface area contributed by atoms with Crippen molar-refractivity contribution in [3.8, 4) is 16.2 Å². The van der Waals surface area contributed by atoms with Crippen LogP contribution in [0.1, 0.15) is 20.0 Å². The van der Waals surface area contributed by atoms with E-state index in [0.29, 0.717) is 15.3 Å². The van der Waals surface area contributed by atoms with Gasteiger partial charge >= 0.3 is 5.97 Å². The molecule has 132 valence electrons. The molecule has 0 aliphatic rings. The van der Waals surface area contributed by atoms with Crippen molar-refractivity contribution >= 4 is 28.9 Å². The number of hydrogen-bond acceptors (Lipinski definition) is 5. The Morgan fingerprint density at radius 2 is 1.85 bits per heavy atom. The molecular weight excluding hydrogens is 357 g/mol. The lowest BCUT2D eigenvalue weighted by molar-refractivity contribution is 0.0597. The first kappa shape index (κ1) is 17.6. The Hall–Kier alpha value is -3.19. The zero-order valence-corrected chi connectivity index (χ0v) is 14.5. The van der Waals surface area contributed by atoms with Crippen LogP contribution in [0.2, 0.25) is 0 Å². The van der Waals surface area contributed by atoms with Gasteiger partial charge in [0.05, 0.1) is 17.7 Å². The van der Waals surface area contributed by atoms with Crippen LogP contribution in [0.25, 0.3) is 10.4 Å². The minimum absolute atomic E-state index is 0.0523. The fourth-order valence-electron chi connectivity index (χ4n) is 2.37. The maximum absolute atomic E-state index is 13.9. The number of esters is 1. The molecule has 2 aromatic carbocycles. The predicted octanol–water partition coefficient (Wildman–Crippen LogP) is 4.30. The number of rotatable bonds is 4. The molecule has 0 unspecified atom stereocenters. The number of halogens is 1. The molecule has 0 fully saturated rings. The Morgan fingerprint density at radius 3 is 2.58 bits per heavy atom. The molecule has 0 spiro atoms. The van der Waals surface area contributed by atoms with Gasteiger partial charge in [0.1, 0.15) is 11.4 Å². The van der Waals surface area contributed by atoms with Gasteiger partial charge in [0.25, 0.3) is 5.91 Å². The molecule has 3 rings (SSSR count). The predicted molar refractivity (Wildman–Crippen MR) is 97.1 cm³/mol. The number of para-hydroxylation sites is 1. The second kappa shape index (κ2) is 7.37. The third-order valence-electron chi connectivity index (χ3n) is 3.66. The molecule has 0 radical (unpaired) electrons. The first-order valence-corrected chi connectivity index (χ1v) is 8.39. The van der Waals surface area contributed by atoms with Crippen LogP contribution in [-0.4, -0.2) is 24.1 Å². The SMILES string of the molecule is COC(=O)c1cccc(NC(=O)c2ccc(-c3ccccc3F)s2)c1O. The van der Waals surface area contributed by atoms with E-state index in [4.69, 9.17) is 0 Å². The van der Waals surface area contributed by atoms with E-state index in [2.05, 4.69) is 10.1 Å². The van der Waals surface area contributed by atoms with E-state index in [1.54, 1.807) is 30.3 Å². The summed E-state index contributed by atoms with van der Waals surface area (Å²) in [6, 6.07) is 13.9. The molecule has 0 atom stereocenters. The number of amides is 1. The molecule has 26 heavy (non-hydrogen) atoms. The normalized spacial score (nSPS) is 10.4. The number of anilines is 1. The number of nitrogens with one attached hydrogen (secondary N) is 1. The van der Waals surface area contributed by atoms with Crippen LogP contribution < -0.4 is 5.32 Å². The van der Waals surface area contributed by atoms with E-state index in [1.165, 1.54) is 31.4 Å². The Morgan fingerprint density at radius 1 is 1.08 bits per heavy atom. The van der Waals surface area contributed by atoms with Gasteiger partial charge < -0.3 is 15.2 Å². The Balaban J connectivity index is 1.84. The molecule has 1 heterocycles. The van der Waals surface area contributed by atoms with Crippen molar-refractivity contribution < 1.29 is 23.8 Å². The van der Waals surface area contributed by atoms with Gasteiger partial charge in [-0.2, -0.15) is 0 Å². The summed E-state index contributed by atoms with van der Waals surface area (Å²) in [7, 11) is 1.20. The minimum Gasteiger partial charge on any atom is -0.505 e. The highest BCUT2D eigenvalue weighted by atomic mass is 32.1. The molecule has 2 N–H and O–H groups in total. The average molecular weight is 371 g/mol. The van der Waals surface area contributed by atoms with Crippen LogP contribution in [0.4, 0.5) is 10.1 Å². The third-order valence-corrected chi connectivity index (χ3v) is 4.78. The number of aromatic hydroxyl groups is 1. The zero-order chi connectivity index (χ0) is 18.7. The van der Waals surface area contributed by atoms with Gasteiger partial charge in [0, 0.05) is 10.4 Å². The number of carbonyl (C=O) groups excluding carboxylic acids is 2. The molecular formula is C19H14FNO4S. The van der Waals surface area contributed by atoms with E-state index in [9.17, 15) is 19.1 Å². The fraction of sp³-hybridized carbons (Fsp3) is 0.0526. The number of methoxy groups -OCH3 is 1. The summed E-state index contributed by atoms with van der Waals surface area (Å²) in [5, 5.41) is 12.7. The quantitative estimate of drug-likeness (QED) is 0.530. The average Bonchev–Trinajstić information content (AvgIpc) is 3.13. The molecule has 0 aliphatic carbocycles. The number of thiophene rings is 1. The summed E-state index contributed by atoms with van der Waals surface area (Å²) >= 11 is 1.12. The fourth-order valence-corrected chi connectivity index (χ4v) is 3.30. The molecule has 0 saturated carbocycles. The second-order valence-electron chi connectivity index (χ2n) is 5.29. The maximum atomic E-state index is 13.9. The van der Waals surface area contributed by atoms with E-state index in [1.807, 2.05) is 0 Å². The van der Waals surface area contributed by atoms with Crippen molar-refractivity contribution in [2.24, 2.45) is 0 Å². The highest BCUT2D eigenvalue weighted by Gasteiger charge is 2.18. The van der Waals surface area contributed by atoms with Crippen molar-refractivity contribution in [3.63, 3.8) is 0 Å². The smallest absolute Gasteiger partial charge is 0.341 e. The topological polar surface area (TPSA) is 75.6 Å². The number of phenolic OH excluding ortho intramolecular Hbond substituents is 1. The van der Waals surface area contributed by atoms with E-state index >= 15 is 0 Å². The number of ether oxygens (including phenoxy) is 1. The van der Waals surface area contributed by atoms with Gasteiger partial charge in [-0.15, -0.1) is 11.3 Å². The van der Waals surface area contributed by atoms with Crippen LogP contribution in [-0.2, 0) is 4.74 Å². The van der Waals surface area contributed by atoms with Crippen molar-refractivity contribution in [1.82, 2.24) is 0 Å². The lowest BCUT2D eigenvalue weighted by Crippen LogP contribution is -2.11. The summed E-state index contributed by atoms with van der Waals surface area (Å²) in [4.78, 5) is 25.0. The molecule has 5 nitrogen and oxygen atoms in total. The third kappa shape index (κ3) is 3.43. The molecule has 0 saturated heterocycles. The van der Waals surface area contributed by atoms with E-state index in [0.717, 1.165) is 11.3 Å². The first-order valence-electron chi connectivity index (χ1n) is 7.57. The van der Waals surface area contributed by atoms with Gasteiger partial charge in [0.15, 0.2) is 5.75 Å². The van der Waals surface area contributed by atoms with Gasteiger partial charge in [0.2, 0.25) is 0 Å². The molecule has 3 aromatic rings. The number of benzene rings is 2. The highest BCUT2D eigenvalue weighted by molar-refractivity contribution is 7.17. The monoisotopic (exact) mass is 371 g/mol. The van der Waals surface area contributed by atoms with Crippen molar-refractivity contribution in [3.05, 3.63) is 70.9 Å².